The van der Waals surface area contributed by atoms with Gasteiger partial charge >= 0.3 is 6.03 Å². The number of Topliss-reactive ketones (excluding diaryl/α,β-unsaturated/α-hetero) is 1. The van der Waals surface area contributed by atoms with Crippen LogP contribution in [-0.2, 0) is 19.2 Å². The number of halogens is 2. The molecule has 3 N–H and O–H groups in total. The normalized spacial score (nSPS) is 28.8. The topological polar surface area (TPSA) is 135 Å². The number of hydrogen-bond donors (Lipinski definition) is 2. The Labute approximate surface area is 204 Å². The highest BCUT2D eigenvalue weighted by Crippen LogP contribution is 2.56. The number of imide groups is 3. The summed E-state index contributed by atoms with van der Waals surface area (Å²) < 4.78 is 0.767. The van der Waals surface area contributed by atoms with E-state index in [4.69, 9.17) is 5.73 Å². The summed E-state index contributed by atoms with van der Waals surface area (Å²) in [6.07, 6.45) is 3.25. The van der Waals surface area contributed by atoms with Crippen LogP contribution in [0.25, 0.3) is 0 Å². The van der Waals surface area contributed by atoms with Gasteiger partial charge in [0, 0.05) is 33.2 Å². The Morgan fingerprint density at radius 2 is 1.82 bits per heavy atom. The number of amides is 4. The molecule has 10 heteroatoms. The van der Waals surface area contributed by atoms with Gasteiger partial charge < -0.3 is 10.8 Å². The number of urea groups is 1. The van der Waals surface area contributed by atoms with E-state index in [1.807, 2.05) is 0 Å². The molecule has 3 aliphatic carbocycles. The number of rotatable bonds is 1. The van der Waals surface area contributed by atoms with Crippen LogP contribution in [0.1, 0.15) is 24.3 Å². The summed E-state index contributed by atoms with van der Waals surface area (Å²) in [4.78, 5) is 64.3. The van der Waals surface area contributed by atoms with Crippen molar-refractivity contribution in [2.75, 3.05) is 0 Å². The molecule has 4 atom stereocenters. The van der Waals surface area contributed by atoms with Crippen molar-refractivity contribution in [1.29, 1.82) is 0 Å². The van der Waals surface area contributed by atoms with Crippen LogP contribution in [0.15, 0.2) is 56.0 Å². The highest BCUT2D eigenvalue weighted by Gasteiger charge is 2.57. The van der Waals surface area contributed by atoms with Crippen molar-refractivity contribution in [2.45, 2.75) is 18.8 Å². The molecule has 1 aliphatic heterocycles. The second kappa shape index (κ2) is 7.59. The van der Waals surface area contributed by atoms with Gasteiger partial charge in [0.2, 0.25) is 11.8 Å². The van der Waals surface area contributed by atoms with Crippen LogP contribution in [0.3, 0.4) is 0 Å². The smallest absolute Gasteiger partial charge is 0.328 e. The van der Waals surface area contributed by atoms with Crippen LogP contribution >= 0.6 is 31.9 Å². The van der Waals surface area contributed by atoms with Crippen LogP contribution in [0.5, 0.6) is 5.75 Å². The largest absolute Gasteiger partial charge is 0.508 e. The Kier molecular flexibility index (Phi) is 5.06. The van der Waals surface area contributed by atoms with Crippen molar-refractivity contribution in [1.82, 2.24) is 4.90 Å². The maximum Gasteiger partial charge on any atom is 0.328 e. The zero-order valence-electron chi connectivity index (χ0n) is 16.9. The van der Waals surface area contributed by atoms with Gasteiger partial charge in [0.05, 0.1) is 16.3 Å². The van der Waals surface area contributed by atoms with Crippen molar-refractivity contribution in [3.05, 3.63) is 61.6 Å². The molecule has 0 radical (unpaired) electrons. The van der Waals surface area contributed by atoms with Crippen LogP contribution in [-0.4, -0.2) is 39.4 Å². The number of phenols is 1. The van der Waals surface area contributed by atoms with E-state index in [9.17, 15) is 29.1 Å². The van der Waals surface area contributed by atoms with E-state index in [1.54, 1.807) is 18.2 Å². The third kappa shape index (κ3) is 3.11. The maximum atomic E-state index is 13.1. The fourth-order valence-corrected chi connectivity index (χ4v) is 6.36. The van der Waals surface area contributed by atoms with E-state index < -0.39 is 41.5 Å². The molecule has 1 aromatic rings. The molecule has 168 valence electrons. The highest BCUT2D eigenvalue weighted by molar-refractivity contribution is 9.12. The Morgan fingerprint density at radius 3 is 2.52 bits per heavy atom. The van der Waals surface area contributed by atoms with Gasteiger partial charge in [-0.15, -0.1) is 0 Å². The molecule has 0 aromatic heterocycles. The van der Waals surface area contributed by atoms with Gasteiger partial charge in [-0.2, -0.15) is 4.90 Å². The van der Waals surface area contributed by atoms with Crippen LogP contribution in [0, 0.1) is 17.8 Å². The fourth-order valence-electron chi connectivity index (χ4n) is 5.54. The van der Waals surface area contributed by atoms with E-state index >= 15 is 0 Å². The highest BCUT2D eigenvalue weighted by atomic mass is 79.9. The molecule has 1 saturated heterocycles. The third-order valence-electron chi connectivity index (χ3n) is 6.85. The minimum absolute atomic E-state index is 0.0622. The Bertz CT molecular complexity index is 1290. The summed E-state index contributed by atoms with van der Waals surface area (Å²) >= 11 is 6.53. The number of carbonyl (C=O) groups excluding carboxylic acids is 5. The van der Waals surface area contributed by atoms with E-state index in [1.165, 1.54) is 12.1 Å². The number of carbonyl (C=O) groups is 5. The number of primary amides is 1. The zero-order valence-corrected chi connectivity index (χ0v) is 20.1. The number of aromatic hydroxyl groups is 1. The number of phenolic OH excluding ortho intramolecular Hbond substituents is 1. The first kappa shape index (κ1) is 22.0. The molecule has 8 nitrogen and oxygen atoms in total. The molecule has 5 rings (SSSR count). The van der Waals surface area contributed by atoms with Gasteiger partial charge in [-0.3, -0.25) is 19.2 Å². The van der Waals surface area contributed by atoms with E-state index in [0.717, 1.165) is 0 Å². The first-order chi connectivity index (χ1) is 15.6. The molecule has 4 amide bonds. The number of likely N-dealkylation sites (tertiary alicyclic amines) is 1. The van der Waals surface area contributed by atoms with Gasteiger partial charge in [0.25, 0.3) is 0 Å². The summed E-state index contributed by atoms with van der Waals surface area (Å²) in [6, 6.07) is 3.67. The van der Waals surface area contributed by atoms with Crippen molar-refractivity contribution in [3.63, 3.8) is 0 Å². The minimum atomic E-state index is -1.13. The van der Waals surface area contributed by atoms with E-state index in [2.05, 4.69) is 31.9 Å². The first-order valence-corrected chi connectivity index (χ1v) is 11.7. The predicted molar refractivity (Wildman–Crippen MR) is 122 cm³/mol. The maximum absolute atomic E-state index is 13.1. The first-order valence-electron chi connectivity index (χ1n) is 10.2. The average molecular weight is 576 g/mol. The monoisotopic (exact) mass is 574 g/mol. The molecule has 1 fully saturated rings. The number of benzene rings is 1. The molecule has 0 saturated carbocycles. The number of allylic oxidation sites excluding steroid dienone is 6. The van der Waals surface area contributed by atoms with Crippen molar-refractivity contribution < 1.29 is 29.1 Å². The third-order valence-corrected chi connectivity index (χ3v) is 7.93. The zero-order chi connectivity index (χ0) is 23.8. The lowest BCUT2D eigenvalue weighted by Crippen LogP contribution is -2.42. The quantitative estimate of drug-likeness (QED) is 0.300. The van der Waals surface area contributed by atoms with Gasteiger partial charge in [0.1, 0.15) is 5.75 Å². The second-order valence-corrected chi connectivity index (χ2v) is 10.2. The average Bonchev–Trinajstić information content (AvgIpc) is 3.02. The number of nitrogens with two attached hydrogens (primary N) is 1. The molecule has 0 unspecified atom stereocenters. The molecule has 0 bridgehead atoms. The van der Waals surface area contributed by atoms with Crippen molar-refractivity contribution in [3.8, 4) is 5.75 Å². The lowest BCUT2D eigenvalue weighted by atomic mass is 9.59. The van der Waals surface area contributed by atoms with E-state index in [-0.39, 0.29) is 45.8 Å². The lowest BCUT2D eigenvalue weighted by molar-refractivity contribution is -0.136. The summed E-state index contributed by atoms with van der Waals surface area (Å²) in [5.41, 5.74) is 6.85. The summed E-state index contributed by atoms with van der Waals surface area (Å²) in [6.45, 7) is 0. The summed E-state index contributed by atoms with van der Waals surface area (Å²) in [5.74, 6) is -5.21. The van der Waals surface area contributed by atoms with Crippen molar-refractivity contribution in [2.24, 2.45) is 23.5 Å². The number of hydrogen-bond acceptors (Lipinski definition) is 6. The molecular formula is C23H16Br2N2O6. The SMILES string of the molecule is NC(=O)N1C(=O)[C@H]2[C@H](CC=C3[C@H](c4cc(Br)ccc4O)C4=C(C[C@H]32)C(=O)C(Br)=CC4=O)C1=O. The van der Waals surface area contributed by atoms with Gasteiger partial charge in [-0.1, -0.05) is 27.6 Å². The van der Waals surface area contributed by atoms with Crippen LogP contribution < -0.4 is 5.73 Å². The molecule has 33 heavy (non-hydrogen) atoms. The second-order valence-electron chi connectivity index (χ2n) is 8.45. The van der Waals surface area contributed by atoms with Gasteiger partial charge in [-0.05, 0) is 52.9 Å². The summed E-state index contributed by atoms with van der Waals surface area (Å²) in [5, 5.41) is 10.7. The number of fused-ring (bicyclic) bond motifs is 3. The van der Waals surface area contributed by atoms with Gasteiger partial charge in [0.15, 0.2) is 11.6 Å². The lowest BCUT2D eigenvalue weighted by Gasteiger charge is -2.42. The van der Waals surface area contributed by atoms with Crippen LogP contribution in [0.4, 0.5) is 4.79 Å². The standard InChI is InChI=1S/C23H16Br2N2O6/c24-8-1-4-15(28)12(5-8)17-9-2-3-10-18(22(32)27(21(10)31)23(26)33)11(9)6-13-19(17)16(29)7-14(25)20(13)30/h1-2,4-5,7,10-11,17-18,28H,3,6H2,(H2,26,33)/t10-,11+,17+,18-/m0/s1. The molecule has 1 aromatic carbocycles. The molecule has 0 spiro atoms. The van der Waals surface area contributed by atoms with Crippen molar-refractivity contribution >= 4 is 61.3 Å². The number of ketones is 2. The summed E-state index contributed by atoms with van der Waals surface area (Å²) in [7, 11) is 0. The Balaban J connectivity index is 1.73. The molecule has 1 heterocycles. The fraction of sp³-hybridized carbons (Fsp3) is 0.261. The van der Waals surface area contributed by atoms with Gasteiger partial charge in [-0.25, -0.2) is 4.79 Å². The van der Waals surface area contributed by atoms with Crippen LogP contribution in [0.2, 0.25) is 0 Å². The Hall–Kier alpha value is -2.85. The minimum Gasteiger partial charge on any atom is -0.508 e. The Morgan fingerprint density at radius 1 is 1.09 bits per heavy atom. The predicted octanol–water partition coefficient (Wildman–Crippen LogP) is 3.00. The molecular weight excluding hydrogens is 560 g/mol. The van der Waals surface area contributed by atoms with E-state index in [0.29, 0.717) is 20.5 Å². The number of nitrogens with zero attached hydrogens (tertiary/aromatic N) is 1. The molecule has 4 aliphatic rings.